The van der Waals surface area contributed by atoms with E-state index in [1.54, 1.807) is 44.2 Å². The lowest BCUT2D eigenvalue weighted by atomic mass is 10.1. The number of nitrogens with zero attached hydrogens (tertiary/aromatic N) is 2. The third kappa shape index (κ3) is 8.34. The molecule has 2 aromatic rings. The van der Waals surface area contributed by atoms with E-state index in [9.17, 15) is 14.4 Å². The zero-order valence-corrected chi connectivity index (χ0v) is 18.0. The van der Waals surface area contributed by atoms with Crippen molar-refractivity contribution in [1.29, 1.82) is 0 Å². The van der Waals surface area contributed by atoms with Crippen LogP contribution in [0, 0.1) is 6.92 Å². The molecule has 0 radical (unpaired) electrons. The molecule has 0 unspecified atom stereocenters. The Morgan fingerprint density at radius 3 is 2.35 bits per heavy atom. The van der Waals surface area contributed by atoms with Crippen LogP contribution in [0.1, 0.15) is 37.8 Å². The van der Waals surface area contributed by atoms with Gasteiger partial charge >= 0.3 is 11.9 Å². The van der Waals surface area contributed by atoms with Crippen molar-refractivity contribution < 1.29 is 23.9 Å². The van der Waals surface area contributed by atoms with E-state index >= 15 is 0 Å². The molecule has 0 fully saturated rings. The summed E-state index contributed by atoms with van der Waals surface area (Å²) in [5, 5.41) is 8.46. The maximum absolute atomic E-state index is 12.0. The third-order valence-corrected chi connectivity index (χ3v) is 4.18. The highest BCUT2D eigenvalue weighted by Crippen LogP contribution is 2.27. The van der Waals surface area contributed by atoms with Crippen LogP contribution in [0.2, 0.25) is 0 Å². The maximum Gasteiger partial charge on any atom is 0.333 e. The second-order valence-corrected chi connectivity index (χ2v) is 7.19. The normalized spacial score (nSPS) is 10.7. The molecule has 0 N–H and O–H groups in total. The van der Waals surface area contributed by atoms with Crippen molar-refractivity contribution in [2.24, 2.45) is 10.2 Å². The molecule has 0 amide bonds. The van der Waals surface area contributed by atoms with E-state index in [2.05, 4.69) is 16.8 Å². The quantitative estimate of drug-likeness (QED) is 0.169. The zero-order valence-electron chi connectivity index (χ0n) is 18.0. The molecule has 7 nitrogen and oxygen atoms in total. The van der Waals surface area contributed by atoms with E-state index in [4.69, 9.17) is 9.47 Å². The molecule has 0 saturated heterocycles. The number of hydrogen-bond donors (Lipinski definition) is 0. The van der Waals surface area contributed by atoms with Gasteiger partial charge in [-0.05, 0) is 56.5 Å². The van der Waals surface area contributed by atoms with E-state index < -0.39 is 11.9 Å². The molecule has 31 heavy (non-hydrogen) atoms. The molecule has 2 aromatic carbocycles. The Hall–Kier alpha value is -3.61. The van der Waals surface area contributed by atoms with Crippen LogP contribution < -0.4 is 4.74 Å². The van der Waals surface area contributed by atoms with Crippen molar-refractivity contribution in [3.63, 3.8) is 0 Å². The van der Waals surface area contributed by atoms with Gasteiger partial charge in [-0.3, -0.25) is 9.59 Å². The minimum absolute atomic E-state index is 0.101. The van der Waals surface area contributed by atoms with Crippen LogP contribution in [0.15, 0.2) is 64.8 Å². The van der Waals surface area contributed by atoms with E-state index in [1.807, 2.05) is 19.1 Å². The Kier molecular flexibility index (Phi) is 8.81. The Morgan fingerprint density at radius 1 is 1.00 bits per heavy atom. The summed E-state index contributed by atoms with van der Waals surface area (Å²) in [5.74, 6) is -0.445. The number of carbonyl (C=O) groups is 3. The number of aryl methyl sites for hydroxylation is 1. The zero-order chi connectivity index (χ0) is 22.8. The fourth-order valence-corrected chi connectivity index (χ4v) is 2.53. The van der Waals surface area contributed by atoms with Crippen molar-refractivity contribution in [3.8, 4) is 5.75 Å². The Balaban J connectivity index is 1.93. The molecule has 0 saturated carbocycles. The van der Waals surface area contributed by atoms with Crippen LogP contribution in [-0.2, 0) is 25.5 Å². The van der Waals surface area contributed by atoms with Crippen molar-refractivity contribution in [1.82, 2.24) is 0 Å². The van der Waals surface area contributed by atoms with E-state index in [1.165, 1.54) is 0 Å². The van der Waals surface area contributed by atoms with Crippen LogP contribution in [0.4, 0.5) is 11.4 Å². The number of azo groups is 1. The first kappa shape index (κ1) is 23.7. The topological polar surface area (TPSA) is 94.4 Å². The lowest BCUT2D eigenvalue weighted by Gasteiger charge is -2.07. The molecule has 0 aliphatic heterocycles. The van der Waals surface area contributed by atoms with Gasteiger partial charge in [0, 0.05) is 24.5 Å². The molecule has 7 heteroatoms. The predicted octanol–water partition coefficient (Wildman–Crippen LogP) is 5.35. The van der Waals surface area contributed by atoms with Gasteiger partial charge in [0.1, 0.15) is 11.5 Å². The van der Waals surface area contributed by atoms with Crippen molar-refractivity contribution in [3.05, 3.63) is 65.7 Å². The number of esters is 2. The average molecular weight is 422 g/mol. The molecule has 0 heterocycles. The van der Waals surface area contributed by atoms with Crippen LogP contribution in [0.25, 0.3) is 0 Å². The number of hydrogen-bond acceptors (Lipinski definition) is 7. The molecule has 0 aliphatic carbocycles. The molecular weight excluding hydrogens is 396 g/mol. The summed E-state index contributed by atoms with van der Waals surface area (Å²) in [5.41, 5.74) is 3.34. The van der Waals surface area contributed by atoms with Gasteiger partial charge in [-0.2, -0.15) is 10.2 Å². The van der Waals surface area contributed by atoms with E-state index in [-0.39, 0.29) is 18.8 Å². The molecule has 0 aromatic heterocycles. The Bertz CT molecular complexity index is 994. The first-order valence-corrected chi connectivity index (χ1v) is 9.88. The number of Topliss-reactive ketones (excluding diaryl/α,β-unsaturated/α-hetero) is 1. The van der Waals surface area contributed by atoms with Gasteiger partial charge < -0.3 is 9.47 Å². The van der Waals surface area contributed by atoms with Crippen LogP contribution >= 0.6 is 0 Å². The number of carbonyl (C=O) groups excluding carboxylic acids is 3. The maximum atomic E-state index is 12.0. The molecular formula is C24H26N2O5. The van der Waals surface area contributed by atoms with Gasteiger partial charge in [0.25, 0.3) is 0 Å². The van der Waals surface area contributed by atoms with Gasteiger partial charge in [-0.25, -0.2) is 4.79 Å². The predicted molar refractivity (Wildman–Crippen MR) is 117 cm³/mol. The third-order valence-electron chi connectivity index (χ3n) is 4.18. The molecule has 0 spiro atoms. The molecule has 162 valence electrons. The Labute approximate surface area is 181 Å². The average Bonchev–Trinajstić information content (AvgIpc) is 2.72. The largest absolute Gasteiger partial charge is 0.462 e. The molecule has 0 aliphatic rings. The highest BCUT2D eigenvalue weighted by atomic mass is 16.5. The second-order valence-electron chi connectivity index (χ2n) is 7.19. The van der Waals surface area contributed by atoms with E-state index in [0.29, 0.717) is 35.5 Å². The second kappa shape index (κ2) is 11.5. The van der Waals surface area contributed by atoms with Crippen LogP contribution in [0.5, 0.6) is 5.75 Å². The van der Waals surface area contributed by atoms with Crippen LogP contribution in [-0.4, -0.2) is 24.3 Å². The lowest BCUT2D eigenvalue weighted by Crippen LogP contribution is -2.11. The van der Waals surface area contributed by atoms with Crippen molar-refractivity contribution >= 4 is 29.1 Å². The minimum atomic E-state index is -0.476. The molecule has 0 bridgehead atoms. The van der Waals surface area contributed by atoms with Gasteiger partial charge in [0.15, 0.2) is 0 Å². The molecule has 2 rings (SSSR count). The highest BCUT2D eigenvalue weighted by Gasteiger charge is 2.09. The monoisotopic (exact) mass is 422 g/mol. The number of ketones is 1. The molecule has 0 atom stereocenters. The minimum Gasteiger partial charge on any atom is -0.462 e. The summed E-state index contributed by atoms with van der Waals surface area (Å²) >= 11 is 0. The van der Waals surface area contributed by atoms with Gasteiger partial charge in [0.2, 0.25) is 0 Å². The number of rotatable bonds is 10. The summed E-state index contributed by atoms with van der Waals surface area (Å²) in [4.78, 5) is 34.5. The van der Waals surface area contributed by atoms with E-state index in [0.717, 1.165) is 11.1 Å². The van der Waals surface area contributed by atoms with Crippen molar-refractivity contribution in [2.75, 3.05) is 6.61 Å². The SMILES string of the molecule is C=C(C)C(=O)OCCCC(=O)Oc1ccc(C)c(N=Nc2ccc(CC(C)=O)cc2)c1. The van der Waals surface area contributed by atoms with Crippen LogP contribution in [0.3, 0.4) is 0 Å². The first-order chi connectivity index (χ1) is 14.7. The fraction of sp³-hybridized carbons (Fsp3) is 0.292. The number of benzene rings is 2. The summed E-state index contributed by atoms with van der Waals surface area (Å²) in [7, 11) is 0. The summed E-state index contributed by atoms with van der Waals surface area (Å²) in [6, 6.07) is 12.4. The standard InChI is InChI=1S/C24H26N2O5/c1-16(2)24(29)30-13-5-6-23(28)31-21-12-7-17(3)22(15-21)26-25-20-10-8-19(9-11-20)14-18(4)27/h7-12,15H,1,5-6,13-14H2,2-4H3. The summed E-state index contributed by atoms with van der Waals surface area (Å²) in [6.45, 7) is 8.61. The highest BCUT2D eigenvalue weighted by molar-refractivity contribution is 5.86. The summed E-state index contributed by atoms with van der Waals surface area (Å²) in [6.07, 6.45) is 0.858. The number of ether oxygens (including phenoxy) is 2. The summed E-state index contributed by atoms with van der Waals surface area (Å²) < 4.78 is 10.3. The first-order valence-electron chi connectivity index (χ1n) is 9.88. The van der Waals surface area contributed by atoms with Gasteiger partial charge in [-0.1, -0.05) is 24.8 Å². The lowest BCUT2D eigenvalue weighted by molar-refractivity contribution is -0.141. The fourth-order valence-electron chi connectivity index (χ4n) is 2.53. The van der Waals surface area contributed by atoms with Gasteiger partial charge in [-0.15, -0.1) is 0 Å². The smallest absolute Gasteiger partial charge is 0.333 e. The van der Waals surface area contributed by atoms with Gasteiger partial charge in [0.05, 0.1) is 18.0 Å². The van der Waals surface area contributed by atoms with Crippen molar-refractivity contribution in [2.45, 2.75) is 40.0 Å². The Morgan fingerprint density at radius 2 is 1.71 bits per heavy atom.